The molecule has 0 amide bonds. The number of carboxylic acid groups (broad SMARTS) is 1. The number of aliphatic carboxylic acids is 1. The van der Waals surface area contributed by atoms with Gasteiger partial charge < -0.3 is 10.0 Å². The first kappa shape index (κ1) is 15.1. The summed E-state index contributed by atoms with van der Waals surface area (Å²) in [5.74, 6) is -1.41. The molecule has 1 saturated carbocycles. The van der Waals surface area contributed by atoms with Gasteiger partial charge in [-0.2, -0.15) is 5.26 Å². The number of carbonyl (C=O) groups is 1. The molecule has 4 nitrogen and oxygen atoms in total. The lowest BCUT2D eigenvalue weighted by atomic mass is 9.67. The second-order valence-electron chi connectivity index (χ2n) is 6.25. The van der Waals surface area contributed by atoms with Crippen molar-refractivity contribution in [2.24, 2.45) is 17.3 Å². The van der Waals surface area contributed by atoms with Gasteiger partial charge in [0, 0.05) is 36.1 Å². The average Bonchev–Trinajstić information content (AvgIpc) is 3.06. The molecule has 0 unspecified atom stereocenters. The van der Waals surface area contributed by atoms with Gasteiger partial charge in [-0.1, -0.05) is 34.1 Å². The van der Waals surface area contributed by atoms with E-state index < -0.39 is 11.4 Å². The molecular weight excluding hydrogens is 344 g/mol. The molecular formula is C17H17BrN2O2. The molecule has 1 fully saturated rings. The van der Waals surface area contributed by atoms with Crippen LogP contribution in [0, 0.1) is 28.6 Å². The van der Waals surface area contributed by atoms with Gasteiger partial charge in [-0.15, -0.1) is 0 Å². The predicted octanol–water partition coefficient (Wildman–Crippen LogP) is 3.40. The lowest BCUT2D eigenvalue weighted by molar-refractivity contribution is -0.147. The second-order valence-corrected chi connectivity index (χ2v) is 7.11. The largest absolute Gasteiger partial charge is 0.480 e. The molecule has 22 heavy (non-hydrogen) atoms. The van der Waals surface area contributed by atoms with Crippen molar-refractivity contribution in [1.29, 1.82) is 5.26 Å². The number of carboxylic acids is 1. The maximum absolute atomic E-state index is 11.9. The molecule has 1 aromatic carbocycles. The Labute approximate surface area is 138 Å². The third kappa shape index (κ3) is 1.90. The Balaban J connectivity index is 2.13. The topological polar surface area (TPSA) is 64.3 Å². The zero-order valence-corrected chi connectivity index (χ0v) is 14.0. The highest BCUT2D eigenvalue weighted by Crippen LogP contribution is 2.61. The van der Waals surface area contributed by atoms with E-state index in [9.17, 15) is 15.2 Å². The summed E-state index contributed by atoms with van der Waals surface area (Å²) in [6.45, 7) is 0. The molecule has 0 radical (unpaired) electrons. The Morgan fingerprint density at radius 1 is 1.45 bits per heavy atom. The molecule has 0 spiro atoms. The van der Waals surface area contributed by atoms with E-state index in [1.54, 1.807) is 0 Å². The summed E-state index contributed by atoms with van der Waals surface area (Å²) in [5.41, 5.74) is 0.584. The van der Waals surface area contributed by atoms with Crippen LogP contribution in [0.5, 0.6) is 0 Å². The van der Waals surface area contributed by atoms with Crippen molar-refractivity contribution in [3.63, 3.8) is 0 Å². The molecule has 0 aromatic heterocycles. The minimum atomic E-state index is -1.36. The van der Waals surface area contributed by atoms with Crippen molar-refractivity contribution >= 4 is 27.6 Å². The predicted molar refractivity (Wildman–Crippen MR) is 87.6 cm³/mol. The van der Waals surface area contributed by atoms with Gasteiger partial charge in [0.25, 0.3) is 0 Å². The van der Waals surface area contributed by atoms with Crippen LogP contribution in [0.3, 0.4) is 0 Å². The van der Waals surface area contributed by atoms with Crippen LogP contribution in [0.15, 0.2) is 34.8 Å². The number of nitriles is 1. The fraction of sp³-hybridized carbons (Fsp3) is 0.412. The van der Waals surface area contributed by atoms with Crippen LogP contribution in [0.4, 0.5) is 5.69 Å². The molecule has 5 heteroatoms. The molecule has 2 bridgehead atoms. The van der Waals surface area contributed by atoms with Gasteiger partial charge in [0.1, 0.15) is 0 Å². The van der Waals surface area contributed by atoms with Crippen molar-refractivity contribution in [2.45, 2.75) is 12.3 Å². The molecule has 1 aromatic rings. The number of hydrogen-bond acceptors (Lipinski definition) is 3. The summed E-state index contributed by atoms with van der Waals surface area (Å²) in [4.78, 5) is 13.9. The first-order valence-electron chi connectivity index (χ1n) is 7.21. The van der Waals surface area contributed by atoms with Crippen LogP contribution in [-0.4, -0.2) is 25.2 Å². The summed E-state index contributed by atoms with van der Waals surface area (Å²) in [7, 11) is 3.91. The highest BCUT2D eigenvalue weighted by atomic mass is 79.9. The third-order valence-corrected chi connectivity index (χ3v) is 5.68. The average molecular weight is 361 g/mol. The van der Waals surface area contributed by atoms with E-state index in [1.807, 2.05) is 43.3 Å². The minimum Gasteiger partial charge on any atom is -0.480 e. The number of allylic oxidation sites excluding steroid dienone is 2. The van der Waals surface area contributed by atoms with Crippen LogP contribution in [0.1, 0.15) is 17.9 Å². The monoisotopic (exact) mass is 360 g/mol. The van der Waals surface area contributed by atoms with E-state index in [1.165, 1.54) is 0 Å². The Morgan fingerprint density at radius 3 is 2.73 bits per heavy atom. The molecule has 114 valence electrons. The van der Waals surface area contributed by atoms with Crippen molar-refractivity contribution in [3.05, 3.63) is 40.4 Å². The number of benzene rings is 1. The Bertz CT molecular complexity index is 707. The van der Waals surface area contributed by atoms with E-state index in [4.69, 9.17) is 0 Å². The minimum absolute atomic E-state index is 0.113. The number of anilines is 1. The molecule has 3 rings (SSSR count). The van der Waals surface area contributed by atoms with Crippen LogP contribution in [0.25, 0.3) is 0 Å². The first-order valence-corrected chi connectivity index (χ1v) is 8.01. The summed E-state index contributed by atoms with van der Waals surface area (Å²) in [6, 6.07) is 8.04. The second kappa shape index (κ2) is 5.13. The molecule has 0 saturated heterocycles. The van der Waals surface area contributed by atoms with E-state index in [0.29, 0.717) is 0 Å². The lowest BCUT2D eigenvalue weighted by Gasteiger charge is -2.33. The molecule has 4 atom stereocenters. The summed E-state index contributed by atoms with van der Waals surface area (Å²) < 4.78 is 0.866. The number of halogens is 1. The van der Waals surface area contributed by atoms with E-state index in [0.717, 1.165) is 22.1 Å². The number of fused-ring (bicyclic) bond motifs is 2. The van der Waals surface area contributed by atoms with Crippen LogP contribution in [0.2, 0.25) is 0 Å². The molecule has 1 N–H and O–H groups in total. The fourth-order valence-electron chi connectivity index (χ4n) is 3.89. The third-order valence-electron chi connectivity index (χ3n) is 4.99. The Hall–Kier alpha value is -1.80. The summed E-state index contributed by atoms with van der Waals surface area (Å²) >= 11 is 3.57. The highest BCUT2D eigenvalue weighted by molar-refractivity contribution is 9.10. The highest BCUT2D eigenvalue weighted by Gasteiger charge is 2.62. The van der Waals surface area contributed by atoms with E-state index in [-0.39, 0.29) is 17.8 Å². The smallest absolute Gasteiger partial charge is 0.325 e. The number of rotatable bonds is 3. The molecule has 0 aliphatic heterocycles. The molecule has 2 aliphatic rings. The maximum Gasteiger partial charge on any atom is 0.325 e. The van der Waals surface area contributed by atoms with Gasteiger partial charge >= 0.3 is 5.97 Å². The fourth-order valence-corrected chi connectivity index (χ4v) is 4.51. The summed E-state index contributed by atoms with van der Waals surface area (Å²) in [5, 5.41) is 19.5. The zero-order chi connectivity index (χ0) is 16.1. The quantitative estimate of drug-likeness (QED) is 0.839. The van der Waals surface area contributed by atoms with Gasteiger partial charge in [-0.3, -0.25) is 4.79 Å². The Kier molecular flexibility index (Phi) is 3.53. The summed E-state index contributed by atoms with van der Waals surface area (Å²) in [6.07, 6.45) is 4.72. The van der Waals surface area contributed by atoms with Crippen molar-refractivity contribution in [2.75, 3.05) is 19.0 Å². The number of hydrogen-bond donors (Lipinski definition) is 1. The first-order chi connectivity index (χ1) is 10.4. The Morgan fingerprint density at radius 2 is 2.18 bits per heavy atom. The zero-order valence-electron chi connectivity index (χ0n) is 12.5. The van der Waals surface area contributed by atoms with Gasteiger partial charge in [-0.05, 0) is 30.0 Å². The van der Waals surface area contributed by atoms with Gasteiger partial charge in [0.2, 0.25) is 0 Å². The van der Waals surface area contributed by atoms with Gasteiger partial charge in [0.05, 0.1) is 6.07 Å². The van der Waals surface area contributed by atoms with Crippen LogP contribution in [-0.2, 0) is 4.79 Å². The molecule has 2 aliphatic carbocycles. The van der Waals surface area contributed by atoms with Gasteiger partial charge in [-0.25, -0.2) is 0 Å². The van der Waals surface area contributed by atoms with Crippen molar-refractivity contribution in [1.82, 2.24) is 0 Å². The van der Waals surface area contributed by atoms with E-state index >= 15 is 0 Å². The van der Waals surface area contributed by atoms with Crippen LogP contribution < -0.4 is 4.90 Å². The normalized spacial score (nSPS) is 32.0. The van der Waals surface area contributed by atoms with Crippen LogP contribution >= 0.6 is 15.9 Å². The SMILES string of the molecule is CN(C)c1ccc([C@H]2[C@@H]3C=C[C@@H](C3)[C@]2(C#N)C(=O)O)c(Br)c1. The maximum atomic E-state index is 11.9. The van der Waals surface area contributed by atoms with Crippen molar-refractivity contribution < 1.29 is 9.90 Å². The van der Waals surface area contributed by atoms with Crippen molar-refractivity contribution in [3.8, 4) is 6.07 Å². The standard InChI is InChI=1S/C17H17BrN2O2/c1-20(2)12-5-6-13(14(18)8-12)15-10-3-4-11(7-10)17(15,9-19)16(21)22/h3-6,8,10-11,15H,7H2,1-2H3,(H,21,22)/t10-,11+,15-,17+/m1/s1. The van der Waals surface area contributed by atoms with E-state index in [2.05, 4.69) is 28.1 Å². The molecule has 0 heterocycles. The van der Waals surface area contributed by atoms with Gasteiger partial charge in [0.15, 0.2) is 5.41 Å². The number of nitrogens with zero attached hydrogens (tertiary/aromatic N) is 2. The lowest BCUT2D eigenvalue weighted by Crippen LogP contribution is -2.39.